The highest BCUT2D eigenvalue weighted by Crippen LogP contribution is 2.51. The van der Waals surface area contributed by atoms with Crippen LogP contribution >= 0.6 is 0 Å². The monoisotopic (exact) mass is 596 g/mol. The molecule has 222 valence electrons. The molecule has 0 unspecified atom stereocenters. The molecule has 4 nitrogen and oxygen atoms in total. The first kappa shape index (κ1) is 27.5. The minimum absolute atomic E-state index is 0.810. The van der Waals surface area contributed by atoms with Crippen molar-refractivity contribution in [1.29, 1.82) is 0 Å². The van der Waals surface area contributed by atoms with Gasteiger partial charge >= 0.3 is 0 Å². The highest BCUT2D eigenvalue weighted by molar-refractivity contribution is 6.08. The number of fused-ring (bicyclic) bond motifs is 6. The van der Waals surface area contributed by atoms with Crippen molar-refractivity contribution in [3.05, 3.63) is 179 Å². The van der Waals surface area contributed by atoms with Gasteiger partial charge in [-0.25, -0.2) is 0 Å². The van der Waals surface area contributed by atoms with Gasteiger partial charge in [-0.15, -0.1) is 0 Å². The highest BCUT2D eigenvalue weighted by atomic mass is 16.5. The third-order valence-electron chi connectivity index (χ3n) is 8.83. The van der Waals surface area contributed by atoms with Crippen molar-refractivity contribution >= 4 is 22.5 Å². The zero-order valence-corrected chi connectivity index (χ0v) is 25.7. The summed E-state index contributed by atoms with van der Waals surface area (Å²) in [6.07, 6.45) is 0. The maximum Gasteiger partial charge on any atom is 0.119 e. The van der Waals surface area contributed by atoms with Crippen LogP contribution in [-0.4, -0.2) is 14.2 Å². The van der Waals surface area contributed by atoms with Gasteiger partial charge in [0.1, 0.15) is 11.5 Å². The SMILES string of the molecule is COc1ccc(NC(C(Nc2ccc(OC)cc2)=C2c3ccccc3-c3ccccc32)=C2c3ccccc3-c3ccccc32)cc1. The third-order valence-corrected chi connectivity index (χ3v) is 8.83. The average Bonchev–Trinajstić information content (AvgIpc) is 3.63. The van der Waals surface area contributed by atoms with Crippen LogP contribution < -0.4 is 20.1 Å². The molecule has 2 aliphatic rings. The van der Waals surface area contributed by atoms with Gasteiger partial charge in [-0.05, 0) is 93.0 Å². The molecule has 6 aromatic carbocycles. The van der Waals surface area contributed by atoms with E-state index in [1.165, 1.54) is 44.5 Å². The molecule has 0 spiro atoms. The van der Waals surface area contributed by atoms with Crippen LogP contribution in [0.5, 0.6) is 11.5 Å². The number of nitrogens with one attached hydrogen (secondary N) is 2. The standard InChI is InChI=1S/C42H32N2O2/c1-45-29-23-19-27(20-24-29)43-41(39-35-15-7-3-11-31(35)32-12-4-8-16-36(32)39)42(44-28-21-25-30(46-2)26-22-28)40-37-17-9-5-13-33(37)34-14-6-10-18-38(34)40/h3-26,43-44H,1-2H3. The quantitative estimate of drug-likeness (QED) is 0.192. The first-order chi connectivity index (χ1) is 22.7. The van der Waals surface area contributed by atoms with Crippen LogP contribution in [-0.2, 0) is 0 Å². The van der Waals surface area contributed by atoms with Gasteiger partial charge in [0.2, 0.25) is 0 Å². The summed E-state index contributed by atoms with van der Waals surface area (Å²) >= 11 is 0. The van der Waals surface area contributed by atoms with Gasteiger partial charge in [0.05, 0.1) is 25.6 Å². The van der Waals surface area contributed by atoms with E-state index in [1.807, 2.05) is 24.3 Å². The highest BCUT2D eigenvalue weighted by Gasteiger charge is 2.32. The summed E-state index contributed by atoms with van der Waals surface area (Å²) in [5.41, 5.74) is 15.8. The van der Waals surface area contributed by atoms with Crippen LogP contribution in [0, 0.1) is 0 Å². The fourth-order valence-electron chi connectivity index (χ4n) is 6.71. The van der Waals surface area contributed by atoms with E-state index in [0.717, 1.165) is 45.4 Å². The number of benzene rings is 6. The molecule has 0 bridgehead atoms. The summed E-state index contributed by atoms with van der Waals surface area (Å²) in [7, 11) is 3.39. The van der Waals surface area contributed by atoms with E-state index < -0.39 is 0 Å². The van der Waals surface area contributed by atoms with Gasteiger partial charge in [-0.2, -0.15) is 0 Å². The molecule has 4 heteroatoms. The van der Waals surface area contributed by atoms with E-state index in [2.05, 4.69) is 132 Å². The maximum atomic E-state index is 5.50. The molecule has 0 amide bonds. The number of hydrogen-bond donors (Lipinski definition) is 2. The van der Waals surface area contributed by atoms with E-state index in [4.69, 9.17) is 9.47 Å². The van der Waals surface area contributed by atoms with Crippen LogP contribution in [0.25, 0.3) is 33.4 Å². The Kier molecular flexibility index (Phi) is 6.88. The number of hydrogen-bond acceptors (Lipinski definition) is 4. The van der Waals surface area contributed by atoms with Gasteiger partial charge in [0.15, 0.2) is 0 Å². The maximum absolute atomic E-state index is 5.50. The third kappa shape index (κ3) is 4.63. The molecule has 0 atom stereocenters. The Bertz CT molecular complexity index is 1910. The number of anilines is 2. The summed E-state index contributed by atoms with van der Waals surface area (Å²) in [4.78, 5) is 0. The smallest absolute Gasteiger partial charge is 0.119 e. The second-order valence-corrected chi connectivity index (χ2v) is 11.4. The van der Waals surface area contributed by atoms with Crippen molar-refractivity contribution in [2.75, 3.05) is 24.9 Å². The lowest BCUT2D eigenvalue weighted by atomic mass is 9.94. The van der Waals surface area contributed by atoms with Gasteiger partial charge in [0.25, 0.3) is 0 Å². The second kappa shape index (κ2) is 11.5. The van der Waals surface area contributed by atoms with Gasteiger partial charge in [0, 0.05) is 22.5 Å². The Hall–Kier alpha value is -6.00. The minimum atomic E-state index is 0.810. The summed E-state index contributed by atoms with van der Waals surface area (Å²) in [5.74, 6) is 1.62. The van der Waals surface area contributed by atoms with E-state index in [0.29, 0.717) is 0 Å². The fourth-order valence-corrected chi connectivity index (χ4v) is 6.71. The predicted molar refractivity (Wildman–Crippen MR) is 189 cm³/mol. The van der Waals surface area contributed by atoms with Gasteiger partial charge in [-0.1, -0.05) is 97.1 Å². The van der Waals surface area contributed by atoms with Crippen molar-refractivity contribution in [3.8, 4) is 33.8 Å². The lowest BCUT2D eigenvalue weighted by Crippen LogP contribution is -2.15. The Morgan fingerprint density at radius 3 is 0.870 bits per heavy atom. The average molecular weight is 597 g/mol. The number of rotatable bonds is 7. The van der Waals surface area contributed by atoms with E-state index in [-0.39, 0.29) is 0 Å². The molecule has 0 aromatic heterocycles. The normalized spacial score (nSPS) is 12.0. The van der Waals surface area contributed by atoms with Crippen molar-refractivity contribution in [2.45, 2.75) is 0 Å². The molecule has 0 heterocycles. The molecule has 6 aromatic rings. The first-order valence-corrected chi connectivity index (χ1v) is 15.4. The topological polar surface area (TPSA) is 42.5 Å². The molecule has 8 rings (SSSR count). The molecule has 2 N–H and O–H groups in total. The van der Waals surface area contributed by atoms with Crippen LogP contribution in [0.1, 0.15) is 22.3 Å². The zero-order valence-electron chi connectivity index (χ0n) is 25.7. The summed E-state index contributed by atoms with van der Waals surface area (Å²) in [6.45, 7) is 0. The largest absolute Gasteiger partial charge is 0.497 e. The number of methoxy groups -OCH3 is 2. The molecule has 2 aliphatic carbocycles. The van der Waals surface area contributed by atoms with Crippen LogP contribution in [0.2, 0.25) is 0 Å². The first-order valence-electron chi connectivity index (χ1n) is 15.4. The molecule has 0 fully saturated rings. The Balaban J connectivity index is 1.47. The predicted octanol–water partition coefficient (Wildman–Crippen LogP) is 10.1. The molecular weight excluding hydrogens is 564 g/mol. The molecule has 0 aliphatic heterocycles. The van der Waals surface area contributed by atoms with Crippen molar-refractivity contribution in [2.24, 2.45) is 0 Å². The lowest BCUT2D eigenvalue weighted by molar-refractivity contribution is 0.415. The van der Waals surface area contributed by atoms with Gasteiger partial charge in [-0.3, -0.25) is 0 Å². The summed E-state index contributed by atoms with van der Waals surface area (Å²) < 4.78 is 11.0. The molecule has 0 radical (unpaired) electrons. The summed E-state index contributed by atoms with van der Waals surface area (Å²) in [6, 6.07) is 51.0. The number of ether oxygens (including phenoxy) is 2. The van der Waals surface area contributed by atoms with E-state index >= 15 is 0 Å². The zero-order chi connectivity index (χ0) is 31.0. The van der Waals surface area contributed by atoms with Crippen molar-refractivity contribution in [3.63, 3.8) is 0 Å². The fraction of sp³-hybridized carbons (Fsp3) is 0.0476. The minimum Gasteiger partial charge on any atom is -0.497 e. The van der Waals surface area contributed by atoms with Crippen LogP contribution in [0.15, 0.2) is 157 Å². The van der Waals surface area contributed by atoms with Crippen LogP contribution in [0.4, 0.5) is 11.4 Å². The molecule has 46 heavy (non-hydrogen) atoms. The van der Waals surface area contributed by atoms with Crippen molar-refractivity contribution < 1.29 is 9.47 Å². The Labute approximate surface area is 269 Å². The Morgan fingerprint density at radius 2 is 0.609 bits per heavy atom. The molecular formula is C42H32N2O2. The van der Waals surface area contributed by atoms with Gasteiger partial charge < -0.3 is 20.1 Å². The van der Waals surface area contributed by atoms with E-state index in [1.54, 1.807) is 14.2 Å². The van der Waals surface area contributed by atoms with Crippen LogP contribution in [0.3, 0.4) is 0 Å². The van der Waals surface area contributed by atoms with E-state index in [9.17, 15) is 0 Å². The van der Waals surface area contributed by atoms with Crippen molar-refractivity contribution in [1.82, 2.24) is 0 Å². The molecule has 0 saturated heterocycles. The lowest BCUT2D eigenvalue weighted by Gasteiger charge is -2.24. The Morgan fingerprint density at radius 1 is 0.348 bits per heavy atom. The second-order valence-electron chi connectivity index (χ2n) is 11.4. The molecule has 0 saturated carbocycles. The summed E-state index contributed by atoms with van der Waals surface area (Å²) in [5, 5.41) is 7.83.